The number of carbonyl (C=O) groups excluding carboxylic acids is 1. The number of hydrogen-bond acceptors (Lipinski definition) is 2. The van der Waals surface area contributed by atoms with Gasteiger partial charge < -0.3 is 5.73 Å². The van der Waals surface area contributed by atoms with E-state index in [0.717, 1.165) is 6.42 Å². The highest BCUT2D eigenvalue weighted by molar-refractivity contribution is 5.84. The van der Waals surface area contributed by atoms with Gasteiger partial charge in [-0.3, -0.25) is 4.79 Å². The van der Waals surface area contributed by atoms with Gasteiger partial charge in [0.25, 0.3) is 0 Å². The van der Waals surface area contributed by atoms with Crippen molar-refractivity contribution in [2.75, 3.05) is 6.54 Å². The van der Waals surface area contributed by atoms with Crippen LogP contribution in [0.15, 0.2) is 0 Å². The molecule has 0 fully saturated rings. The van der Waals surface area contributed by atoms with Gasteiger partial charge in [-0.15, -0.1) is 0 Å². The van der Waals surface area contributed by atoms with Crippen LogP contribution in [-0.2, 0) is 4.79 Å². The molecule has 1 unspecified atom stereocenters. The summed E-state index contributed by atoms with van der Waals surface area (Å²) in [5.41, 5.74) is 5.29. The van der Waals surface area contributed by atoms with Crippen molar-refractivity contribution >= 4 is 5.78 Å². The summed E-state index contributed by atoms with van der Waals surface area (Å²) in [6, 6.07) is 0. The maximum atomic E-state index is 11.7. The van der Waals surface area contributed by atoms with Gasteiger partial charge >= 0.3 is 0 Å². The van der Waals surface area contributed by atoms with E-state index < -0.39 is 0 Å². The van der Waals surface area contributed by atoms with Crippen molar-refractivity contribution in [2.45, 2.75) is 40.5 Å². The maximum absolute atomic E-state index is 11.7. The first kappa shape index (κ1) is 11.6. The number of Topliss-reactive ketones (excluding diaryl/α,β-unsaturated/α-hetero) is 1. The molecule has 2 nitrogen and oxygen atoms in total. The fourth-order valence-corrected chi connectivity index (χ4v) is 1.07. The molecular formula is C10H21NO. The van der Waals surface area contributed by atoms with E-state index in [2.05, 4.69) is 13.8 Å². The van der Waals surface area contributed by atoms with Crippen LogP contribution >= 0.6 is 0 Å². The van der Waals surface area contributed by atoms with Gasteiger partial charge in [0.1, 0.15) is 5.78 Å². The second-order valence-electron chi connectivity index (χ2n) is 4.14. The number of ketones is 1. The Morgan fingerprint density at radius 2 is 2.00 bits per heavy atom. The molecule has 0 radical (unpaired) electrons. The molecule has 0 saturated carbocycles. The maximum Gasteiger partial charge on any atom is 0.140 e. The van der Waals surface area contributed by atoms with E-state index in [1.807, 2.05) is 13.8 Å². The van der Waals surface area contributed by atoms with Crippen LogP contribution in [0.1, 0.15) is 40.5 Å². The second kappa shape index (κ2) is 4.61. The molecule has 0 aliphatic rings. The van der Waals surface area contributed by atoms with E-state index in [0.29, 0.717) is 24.7 Å². The highest BCUT2D eigenvalue weighted by Gasteiger charge is 2.29. The molecule has 2 N–H and O–H groups in total. The van der Waals surface area contributed by atoms with Gasteiger partial charge in [0.15, 0.2) is 0 Å². The van der Waals surface area contributed by atoms with Crippen LogP contribution in [0, 0.1) is 11.3 Å². The molecule has 0 rings (SSSR count). The fourth-order valence-electron chi connectivity index (χ4n) is 1.07. The highest BCUT2D eigenvalue weighted by Crippen LogP contribution is 2.23. The van der Waals surface area contributed by atoms with Crippen molar-refractivity contribution < 1.29 is 4.79 Å². The molecule has 72 valence electrons. The van der Waals surface area contributed by atoms with Crippen LogP contribution in [-0.4, -0.2) is 12.3 Å². The van der Waals surface area contributed by atoms with Gasteiger partial charge in [-0.1, -0.05) is 27.7 Å². The van der Waals surface area contributed by atoms with Gasteiger partial charge in [-0.05, 0) is 12.3 Å². The van der Waals surface area contributed by atoms with Gasteiger partial charge in [0.05, 0.1) is 0 Å². The largest absolute Gasteiger partial charge is 0.329 e. The Labute approximate surface area is 75.5 Å². The Bertz CT molecular complexity index is 148. The van der Waals surface area contributed by atoms with E-state index in [1.165, 1.54) is 0 Å². The topological polar surface area (TPSA) is 43.1 Å². The molecule has 0 amide bonds. The summed E-state index contributed by atoms with van der Waals surface area (Å²) >= 11 is 0. The normalized spacial score (nSPS) is 16.2. The van der Waals surface area contributed by atoms with Gasteiger partial charge in [0, 0.05) is 18.4 Å². The van der Waals surface area contributed by atoms with Crippen molar-refractivity contribution in [2.24, 2.45) is 17.1 Å². The van der Waals surface area contributed by atoms with E-state index in [9.17, 15) is 4.79 Å². The first-order chi connectivity index (χ1) is 5.46. The lowest BCUT2D eigenvalue weighted by molar-refractivity contribution is -0.128. The van der Waals surface area contributed by atoms with Crippen LogP contribution in [0.5, 0.6) is 0 Å². The lowest BCUT2D eigenvalue weighted by Crippen LogP contribution is -2.35. The molecular weight excluding hydrogens is 150 g/mol. The monoisotopic (exact) mass is 171 g/mol. The summed E-state index contributed by atoms with van der Waals surface area (Å²) < 4.78 is 0. The second-order valence-corrected chi connectivity index (χ2v) is 4.14. The molecule has 12 heavy (non-hydrogen) atoms. The molecule has 1 atom stereocenters. The molecule has 0 aliphatic carbocycles. The van der Waals surface area contributed by atoms with Crippen molar-refractivity contribution in [1.29, 1.82) is 0 Å². The average molecular weight is 171 g/mol. The molecule has 2 heteroatoms. The van der Waals surface area contributed by atoms with Crippen LogP contribution < -0.4 is 5.73 Å². The number of hydrogen-bond donors (Lipinski definition) is 1. The summed E-state index contributed by atoms with van der Waals surface area (Å²) in [5.74, 6) is 0.748. The smallest absolute Gasteiger partial charge is 0.140 e. The minimum absolute atomic E-state index is 0.287. The predicted octanol–water partition coefficient (Wildman–Crippen LogP) is 1.98. The molecule has 0 aromatic heterocycles. The Morgan fingerprint density at radius 1 is 1.50 bits per heavy atom. The van der Waals surface area contributed by atoms with E-state index in [-0.39, 0.29) is 5.41 Å². The van der Waals surface area contributed by atoms with Crippen LogP contribution in [0.4, 0.5) is 0 Å². The quantitative estimate of drug-likeness (QED) is 0.687. The molecule has 0 aromatic carbocycles. The minimum atomic E-state index is -0.287. The number of rotatable bonds is 5. The van der Waals surface area contributed by atoms with E-state index in [4.69, 9.17) is 5.73 Å². The third-order valence-electron chi connectivity index (χ3n) is 2.50. The van der Waals surface area contributed by atoms with Gasteiger partial charge in [0.2, 0.25) is 0 Å². The zero-order valence-corrected chi connectivity index (χ0v) is 8.68. The van der Waals surface area contributed by atoms with Crippen molar-refractivity contribution in [3.05, 3.63) is 0 Å². The summed E-state index contributed by atoms with van der Waals surface area (Å²) in [7, 11) is 0. The SMILES string of the molecule is CCC(C)(CN)C(=O)CC(C)C. The Morgan fingerprint density at radius 3 is 2.25 bits per heavy atom. The first-order valence-electron chi connectivity index (χ1n) is 4.69. The van der Waals surface area contributed by atoms with Gasteiger partial charge in [-0.2, -0.15) is 0 Å². The molecule has 0 bridgehead atoms. The average Bonchev–Trinajstić information content (AvgIpc) is 2.02. The molecule has 0 heterocycles. The van der Waals surface area contributed by atoms with Crippen molar-refractivity contribution in [1.82, 2.24) is 0 Å². The minimum Gasteiger partial charge on any atom is -0.329 e. The predicted molar refractivity (Wildman–Crippen MR) is 51.9 cm³/mol. The molecule has 0 saturated heterocycles. The van der Waals surface area contributed by atoms with Gasteiger partial charge in [-0.25, -0.2) is 0 Å². The van der Waals surface area contributed by atoms with E-state index >= 15 is 0 Å². The Hall–Kier alpha value is -0.370. The lowest BCUT2D eigenvalue weighted by Gasteiger charge is -2.25. The third kappa shape index (κ3) is 2.94. The molecule has 0 aliphatic heterocycles. The van der Waals surface area contributed by atoms with E-state index in [1.54, 1.807) is 0 Å². The molecule has 0 aromatic rings. The van der Waals surface area contributed by atoms with Crippen molar-refractivity contribution in [3.8, 4) is 0 Å². The van der Waals surface area contributed by atoms with Crippen LogP contribution in [0.25, 0.3) is 0 Å². The highest BCUT2D eigenvalue weighted by atomic mass is 16.1. The molecule has 0 spiro atoms. The van der Waals surface area contributed by atoms with Crippen LogP contribution in [0.2, 0.25) is 0 Å². The standard InChI is InChI=1S/C10H21NO/c1-5-10(4,7-11)9(12)6-8(2)3/h8H,5-7,11H2,1-4H3. The van der Waals surface area contributed by atoms with Crippen molar-refractivity contribution in [3.63, 3.8) is 0 Å². The first-order valence-corrected chi connectivity index (χ1v) is 4.69. The summed E-state index contributed by atoms with van der Waals surface area (Å²) in [6.45, 7) is 8.56. The number of nitrogens with two attached hydrogens (primary N) is 1. The zero-order chi connectivity index (χ0) is 9.78. The fraction of sp³-hybridized carbons (Fsp3) is 0.900. The number of carbonyl (C=O) groups is 1. The summed E-state index contributed by atoms with van der Waals surface area (Å²) in [6.07, 6.45) is 1.50. The summed E-state index contributed by atoms with van der Waals surface area (Å²) in [4.78, 5) is 11.7. The lowest BCUT2D eigenvalue weighted by atomic mass is 9.80. The Kier molecular flexibility index (Phi) is 4.46. The third-order valence-corrected chi connectivity index (χ3v) is 2.50. The zero-order valence-electron chi connectivity index (χ0n) is 8.68. The van der Waals surface area contributed by atoms with Crippen LogP contribution in [0.3, 0.4) is 0 Å². The Balaban J connectivity index is 4.22. The summed E-state index contributed by atoms with van der Waals surface area (Å²) in [5, 5.41) is 0.